The van der Waals surface area contributed by atoms with E-state index in [0.29, 0.717) is 19.7 Å². The van der Waals surface area contributed by atoms with Crippen LogP contribution in [-0.2, 0) is 10.9 Å². The van der Waals surface area contributed by atoms with Crippen molar-refractivity contribution in [2.75, 3.05) is 24.6 Å². The lowest BCUT2D eigenvalue weighted by Gasteiger charge is -2.37. The van der Waals surface area contributed by atoms with Crippen LogP contribution in [0.15, 0.2) is 18.2 Å². The molecule has 6 heteroatoms. The summed E-state index contributed by atoms with van der Waals surface area (Å²) in [6.45, 7) is 5.35. The zero-order valence-electron chi connectivity index (χ0n) is 11.4. The fraction of sp³-hybridized carbons (Fsp3) is 0.571. The molecule has 1 aliphatic rings. The normalized spacial score (nSPS) is 20.6. The minimum atomic E-state index is -4.41. The van der Waals surface area contributed by atoms with E-state index >= 15 is 0 Å². The molecule has 2 rings (SSSR count). The van der Waals surface area contributed by atoms with Crippen LogP contribution in [0.2, 0.25) is 5.02 Å². The zero-order valence-corrected chi connectivity index (χ0v) is 12.1. The Morgan fingerprint density at radius 2 is 2.05 bits per heavy atom. The van der Waals surface area contributed by atoms with Crippen LogP contribution in [-0.4, -0.2) is 25.8 Å². The summed E-state index contributed by atoms with van der Waals surface area (Å²) in [5.41, 5.74) is -0.509. The number of hydrogen-bond donors (Lipinski definition) is 0. The molecule has 2 nitrogen and oxygen atoms in total. The molecule has 1 heterocycles. The van der Waals surface area contributed by atoms with Crippen molar-refractivity contribution >= 4 is 17.3 Å². The highest BCUT2D eigenvalue weighted by atomic mass is 35.5. The molecule has 0 aromatic heterocycles. The summed E-state index contributed by atoms with van der Waals surface area (Å²) >= 11 is 5.70. The lowest BCUT2D eigenvalue weighted by Crippen LogP contribution is -2.45. The molecule has 0 saturated carbocycles. The maximum atomic E-state index is 13.1. The molecule has 1 aromatic rings. The molecular weight excluding hydrogens is 291 g/mol. The molecule has 0 unspecified atom stereocenters. The van der Waals surface area contributed by atoms with Gasteiger partial charge in [0, 0.05) is 23.8 Å². The number of ether oxygens (including phenoxy) is 1. The number of halogens is 4. The van der Waals surface area contributed by atoms with Crippen molar-refractivity contribution in [3.05, 3.63) is 28.8 Å². The molecule has 0 N–H and O–H groups in total. The number of morpholine rings is 1. The topological polar surface area (TPSA) is 12.5 Å². The Balaban J connectivity index is 2.32. The van der Waals surface area contributed by atoms with Crippen molar-refractivity contribution in [2.24, 2.45) is 5.92 Å². The van der Waals surface area contributed by atoms with Gasteiger partial charge in [-0.1, -0.05) is 25.4 Å². The van der Waals surface area contributed by atoms with E-state index in [4.69, 9.17) is 16.3 Å². The number of anilines is 1. The van der Waals surface area contributed by atoms with Crippen LogP contribution in [0.3, 0.4) is 0 Å². The van der Waals surface area contributed by atoms with Gasteiger partial charge in [0.1, 0.15) is 0 Å². The predicted octanol–water partition coefficient (Wildman–Crippen LogP) is 4.22. The minimum absolute atomic E-state index is 0.0551. The van der Waals surface area contributed by atoms with Gasteiger partial charge in [-0.15, -0.1) is 0 Å². The van der Waals surface area contributed by atoms with Crippen molar-refractivity contribution in [3.8, 4) is 0 Å². The zero-order chi connectivity index (χ0) is 14.9. The monoisotopic (exact) mass is 307 g/mol. The Morgan fingerprint density at radius 1 is 1.35 bits per heavy atom. The Hall–Kier alpha value is -0.940. The molecular formula is C14H17ClF3NO. The highest BCUT2D eigenvalue weighted by Crippen LogP contribution is 2.38. The third-order valence-corrected chi connectivity index (χ3v) is 3.68. The average Bonchev–Trinajstić information content (AvgIpc) is 2.37. The Bertz CT molecular complexity index is 476. The second kappa shape index (κ2) is 5.82. The van der Waals surface area contributed by atoms with Gasteiger partial charge in [-0.05, 0) is 24.1 Å². The number of hydrogen-bond acceptors (Lipinski definition) is 2. The van der Waals surface area contributed by atoms with Crippen molar-refractivity contribution in [2.45, 2.75) is 26.1 Å². The first-order chi connectivity index (χ1) is 9.29. The van der Waals surface area contributed by atoms with Crippen LogP contribution in [0.4, 0.5) is 18.9 Å². The van der Waals surface area contributed by atoms with E-state index in [2.05, 4.69) is 0 Å². The molecule has 0 radical (unpaired) electrons. The first kappa shape index (κ1) is 15.4. The van der Waals surface area contributed by atoms with E-state index in [0.717, 1.165) is 6.07 Å². The van der Waals surface area contributed by atoms with Gasteiger partial charge in [0.05, 0.1) is 18.3 Å². The highest BCUT2D eigenvalue weighted by Gasteiger charge is 2.36. The van der Waals surface area contributed by atoms with Crippen molar-refractivity contribution in [3.63, 3.8) is 0 Å². The standard InChI is InChI=1S/C14H17ClF3NO/c1-9(2)13-8-19(5-6-20-13)12-4-3-10(15)7-11(12)14(16,17)18/h3-4,7,9,13H,5-6,8H2,1-2H3/t13-/m1/s1. The first-order valence-corrected chi connectivity index (χ1v) is 6.90. The largest absolute Gasteiger partial charge is 0.418 e. The maximum absolute atomic E-state index is 13.1. The van der Waals surface area contributed by atoms with Crippen LogP contribution in [0, 0.1) is 5.92 Å². The van der Waals surface area contributed by atoms with Gasteiger partial charge in [-0.2, -0.15) is 13.2 Å². The van der Waals surface area contributed by atoms with Gasteiger partial charge in [0.25, 0.3) is 0 Å². The summed E-state index contributed by atoms with van der Waals surface area (Å²) in [5.74, 6) is 0.263. The molecule has 20 heavy (non-hydrogen) atoms. The third-order valence-electron chi connectivity index (χ3n) is 3.44. The second-order valence-corrected chi connectivity index (χ2v) is 5.69. The summed E-state index contributed by atoms with van der Waals surface area (Å²) in [6, 6.07) is 3.91. The average molecular weight is 308 g/mol. The Morgan fingerprint density at radius 3 is 2.65 bits per heavy atom. The predicted molar refractivity (Wildman–Crippen MR) is 73.2 cm³/mol. The van der Waals surface area contributed by atoms with Crippen LogP contribution >= 0.6 is 11.6 Å². The number of benzene rings is 1. The third kappa shape index (κ3) is 3.38. The molecule has 0 amide bonds. The van der Waals surface area contributed by atoms with Crippen molar-refractivity contribution < 1.29 is 17.9 Å². The summed E-state index contributed by atoms with van der Waals surface area (Å²) in [6.07, 6.45) is -4.47. The van der Waals surface area contributed by atoms with Crippen LogP contribution < -0.4 is 4.90 Å². The SMILES string of the molecule is CC(C)[C@H]1CN(c2ccc(Cl)cc2C(F)(F)F)CCO1. The Labute approximate surface area is 121 Å². The van der Waals surface area contributed by atoms with E-state index in [-0.39, 0.29) is 22.7 Å². The molecule has 1 fully saturated rings. The summed E-state index contributed by atoms with van der Waals surface area (Å²) in [7, 11) is 0. The van der Waals surface area contributed by atoms with Gasteiger partial charge >= 0.3 is 6.18 Å². The molecule has 1 atom stereocenters. The summed E-state index contributed by atoms with van der Waals surface area (Å²) < 4.78 is 45.0. The number of rotatable bonds is 2. The number of nitrogens with zero attached hydrogens (tertiary/aromatic N) is 1. The van der Waals surface area contributed by atoms with Gasteiger partial charge in [-0.25, -0.2) is 0 Å². The van der Waals surface area contributed by atoms with E-state index in [1.54, 1.807) is 4.90 Å². The number of alkyl halides is 3. The highest BCUT2D eigenvalue weighted by molar-refractivity contribution is 6.30. The molecule has 0 spiro atoms. The van der Waals surface area contributed by atoms with Crippen molar-refractivity contribution in [1.82, 2.24) is 0 Å². The van der Waals surface area contributed by atoms with Crippen LogP contribution in [0.1, 0.15) is 19.4 Å². The van der Waals surface area contributed by atoms with Crippen LogP contribution in [0.25, 0.3) is 0 Å². The maximum Gasteiger partial charge on any atom is 0.418 e. The molecule has 1 aromatic carbocycles. The molecule has 0 aliphatic carbocycles. The van der Waals surface area contributed by atoms with Crippen LogP contribution in [0.5, 0.6) is 0 Å². The van der Waals surface area contributed by atoms with E-state index in [1.165, 1.54) is 12.1 Å². The molecule has 112 valence electrons. The minimum Gasteiger partial charge on any atom is -0.374 e. The van der Waals surface area contributed by atoms with Crippen molar-refractivity contribution in [1.29, 1.82) is 0 Å². The van der Waals surface area contributed by atoms with Gasteiger partial charge < -0.3 is 9.64 Å². The molecule has 0 bridgehead atoms. The lowest BCUT2D eigenvalue weighted by atomic mass is 10.0. The molecule has 1 aliphatic heterocycles. The van der Waals surface area contributed by atoms with Gasteiger partial charge in [-0.3, -0.25) is 0 Å². The summed E-state index contributed by atoms with van der Waals surface area (Å²) in [5, 5.41) is 0.0924. The lowest BCUT2D eigenvalue weighted by molar-refractivity contribution is -0.137. The molecule has 1 saturated heterocycles. The first-order valence-electron chi connectivity index (χ1n) is 6.52. The Kier molecular flexibility index (Phi) is 4.49. The quantitative estimate of drug-likeness (QED) is 0.811. The fourth-order valence-corrected chi connectivity index (χ4v) is 2.48. The van der Waals surface area contributed by atoms with E-state index < -0.39 is 11.7 Å². The van der Waals surface area contributed by atoms with E-state index in [1.807, 2.05) is 13.8 Å². The fourth-order valence-electron chi connectivity index (χ4n) is 2.31. The van der Waals surface area contributed by atoms with Gasteiger partial charge in [0.15, 0.2) is 0 Å². The van der Waals surface area contributed by atoms with Gasteiger partial charge in [0.2, 0.25) is 0 Å². The summed E-state index contributed by atoms with van der Waals surface area (Å²) in [4.78, 5) is 1.73. The second-order valence-electron chi connectivity index (χ2n) is 5.26. The van der Waals surface area contributed by atoms with E-state index in [9.17, 15) is 13.2 Å². The smallest absolute Gasteiger partial charge is 0.374 e.